The number of carbonyl (C=O) groups excluding carboxylic acids is 1. The van der Waals surface area contributed by atoms with E-state index in [0.717, 1.165) is 17.1 Å². The molecule has 1 aromatic heterocycles. The number of guanidine groups is 1. The highest BCUT2D eigenvalue weighted by molar-refractivity contribution is 14.0. The molecule has 0 atom stereocenters. The van der Waals surface area contributed by atoms with Crippen molar-refractivity contribution in [2.24, 2.45) is 4.99 Å². The van der Waals surface area contributed by atoms with Crippen molar-refractivity contribution in [1.29, 1.82) is 0 Å². The number of aromatic amines is 1. The van der Waals surface area contributed by atoms with Gasteiger partial charge < -0.3 is 25.7 Å². The number of nitrogens with one attached hydrogen (secondary N) is 4. The summed E-state index contributed by atoms with van der Waals surface area (Å²) in [5, 5.41) is 9.29. The molecule has 1 amide bonds. The Bertz CT molecular complexity index is 828. The van der Waals surface area contributed by atoms with Crippen LogP contribution in [0.5, 0.6) is 0 Å². The van der Waals surface area contributed by atoms with Crippen molar-refractivity contribution in [1.82, 2.24) is 25.9 Å². The highest BCUT2D eigenvalue weighted by Gasteiger charge is 2.24. The number of rotatable bonds is 6. The van der Waals surface area contributed by atoms with Crippen molar-refractivity contribution < 1.29 is 9.53 Å². The fraction of sp³-hybridized carbons (Fsp3) is 0.476. The Hall–Kier alpha value is -2.30. The first-order valence-electron chi connectivity index (χ1n) is 9.63. The number of H-pyrrole nitrogens is 1. The molecule has 0 aliphatic heterocycles. The van der Waals surface area contributed by atoms with Crippen molar-refractivity contribution in [3.8, 4) is 11.3 Å². The second-order valence-electron chi connectivity index (χ2n) is 8.40. The average molecular weight is 528 g/mol. The van der Waals surface area contributed by atoms with Gasteiger partial charge in [0, 0.05) is 13.6 Å². The van der Waals surface area contributed by atoms with Crippen LogP contribution in [0.4, 0.5) is 4.79 Å². The third-order valence-electron chi connectivity index (χ3n) is 3.90. The van der Waals surface area contributed by atoms with Gasteiger partial charge in [0.05, 0.1) is 24.0 Å². The van der Waals surface area contributed by atoms with E-state index in [-0.39, 0.29) is 24.0 Å². The topological polar surface area (TPSA) is 103 Å². The van der Waals surface area contributed by atoms with Crippen LogP contribution in [0.25, 0.3) is 11.3 Å². The van der Waals surface area contributed by atoms with Gasteiger partial charge in [0.25, 0.3) is 0 Å². The van der Waals surface area contributed by atoms with Crippen LogP contribution in [0, 0.1) is 0 Å². The molecule has 4 N–H and O–H groups in total. The van der Waals surface area contributed by atoms with Crippen LogP contribution in [-0.2, 0) is 11.3 Å². The highest BCUT2D eigenvalue weighted by atomic mass is 127. The van der Waals surface area contributed by atoms with Crippen molar-refractivity contribution in [2.45, 2.75) is 52.3 Å². The first-order chi connectivity index (χ1) is 13.6. The maximum absolute atomic E-state index is 12.0. The number of halogens is 1. The van der Waals surface area contributed by atoms with Gasteiger partial charge in [0.15, 0.2) is 5.96 Å². The number of ether oxygens (including phenoxy) is 1. The number of benzene rings is 1. The van der Waals surface area contributed by atoms with E-state index in [1.165, 1.54) is 0 Å². The van der Waals surface area contributed by atoms with Crippen LogP contribution in [0.3, 0.4) is 0 Å². The number of nitrogens with zero attached hydrogens (tertiary/aromatic N) is 2. The monoisotopic (exact) mass is 528 g/mol. The largest absolute Gasteiger partial charge is 0.444 e. The number of hydrogen-bond donors (Lipinski definition) is 4. The van der Waals surface area contributed by atoms with Crippen molar-refractivity contribution in [2.75, 3.05) is 13.6 Å². The van der Waals surface area contributed by atoms with Gasteiger partial charge in [0.2, 0.25) is 0 Å². The molecule has 0 aliphatic rings. The number of aromatic nitrogens is 2. The first kappa shape index (κ1) is 25.7. The Balaban J connectivity index is 0.00000450. The molecule has 0 bridgehead atoms. The Morgan fingerprint density at radius 1 is 1.13 bits per heavy atom. The van der Waals surface area contributed by atoms with Gasteiger partial charge in [-0.2, -0.15) is 0 Å². The molecule has 166 valence electrons. The quantitative estimate of drug-likeness (QED) is 0.260. The summed E-state index contributed by atoms with van der Waals surface area (Å²) in [6.07, 6.45) is 1.37. The lowest BCUT2D eigenvalue weighted by molar-refractivity contribution is 0.0474. The Morgan fingerprint density at radius 2 is 1.80 bits per heavy atom. The molecule has 1 heterocycles. The fourth-order valence-corrected chi connectivity index (χ4v) is 2.53. The van der Waals surface area contributed by atoms with E-state index in [0.29, 0.717) is 19.0 Å². The first-order valence-corrected chi connectivity index (χ1v) is 9.63. The lowest BCUT2D eigenvalue weighted by atomic mass is 10.1. The number of imidazole rings is 1. The summed E-state index contributed by atoms with van der Waals surface area (Å²) >= 11 is 0. The predicted octanol–water partition coefficient (Wildman–Crippen LogP) is 3.66. The maximum Gasteiger partial charge on any atom is 0.408 e. The van der Waals surface area contributed by atoms with Gasteiger partial charge in [-0.1, -0.05) is 30.3 Å². The molecule has 2 rings (SSSR count). The van der Waals surface area contributed by atoms with Crippen LogP contribution in [-0.4, -0.2) is 46.8 Å². The third kappa shape index (κ3) is 9.02. The van der Waals surface area contributed by atoms with Gasteiger partial charge in [0.1, 0.15) is 11.4 Å². The van der Waals surface area contributed by atoms with Crippen LogP contribution in [0.2, 0.25) is 0 Å². The minimum atomic E-state index is -0.535. The van der Waals surface area contributed by atoms with E-state index in [2.05, 4.69) is 30.9 Å². The van der Waals surface area contributed by atoms with Gasteiger partial charge in [-0.25, -0.2) is 9.78 Å². The number of amides is 1. The van der Waals surface area contributed by atoms with Gasteiger partial charge in [-0.05, 0) is 40.2 Å². The molecule has 0 spiro atoms. The zero-order valence-corrected chi connectivity index (χ0v) is 20.8. The number of aliphatic imine (C=N–C) groups is 1. The molecule has 8 nitrogen and oxygen atoms in total. The van der Waals surface area contributed by atoms with Crippen LogP contribution in [0.15, 0.2) is 41.5 Å². The number of carbonyl (C=O) groups is 1. The molecular formula is C21H33IN6O2. The molecule has 0 radical (unpaired) electrons. The second-order valence-corrected chi connectivity index (χ2v) is 8.40. The normalized spacial score (nSPS) is 12.0. The lowest BCUT2D eigenvalue weighted by Crippen LogP contribution is -2.54. The Labute approximate surface area is 195 Å². The Morgan fingerprint density at radius 3 is 2.40 bits per heavy atom. The zero-order valence-electron chi connectivity index (χ0n) is 18.5. The molecular weight excluding hydrogens is 495 g/mol. The molecule has 0 saturated carbocycles. The smallest absolute Gasteiger partial charge is 0.408 e. The van der Waals surface area contributed by atoms with E-state index >= 15 is 0 Å². The molecule has 30 heavy (non-hydrogen) atoms. The minimum absolute atomic E-state index is 0. The van der Waals surface area contributed by atoms with Crippen molar-refractivity contribution in [3.05, 3.63) is 42.4 Å². The number of alkyl carbamates (subject to hydrolysis) is 1. The Kier molecular flexibility index (Phi) is 9.60. The number of hydrogen-bond acceptors (Lipinski definition) is 4. The summed E-state index contributed by atoms with van der Waals surface area (Å²) in [5.74, 6) is 1.42. The zero-order chi connectivity index (χ0) is 21.5. The SMILES string of the molecule is CN=C(NCc1ncc(-c2ccccc2)[nH]1)NCC(C)(C)NC(=O)OC(C)(C)C.I. The molecule has 2 aromatic rings. The predicted molar refractivity (Wildman–Crippen MR) is 131 cm³/mol. The molecule has 0 saturated heterocycles. The molecule has 1 aromatic carbocycles. The van der Waals surface area contributed by atoms with E-state index in [1.54, 1.807) is 7.05 Å². The summed E-state index contributed by atoms with van der Waals surface area (Å²) < 4.78 is 5.31. The second kappa shape index (κ2) is 11.2. The van der Waals surface area contributed by atoms with Crippen molar-refractivity contribution in [3.63, 3.8) is 0 Å². The van der Waals surface area contributed by atoms with E-state index in [9.17, 15) is 4.79 Å². The molecule has 0 unspecified atom stereocenters. The summed E-state index contributed by atoms with van der Waals surface area (Å²) in [5.41, 5.74) is 0.995. The average Bonchev–Trinajstić information content (AvgIpc) is 3.09. The van der Waals surface area contributed by atoms with Crippen molar-refractivity contribution >= 4 is 36.0 Å². The van der Waals surface area contributed by atoms with E-state index < -0.39 is 17.2 Å². The summed E-state index contributed by atoms with van der Waals surface area (Å²) in [6, 6.07) is 10.0. The molecule has 0 fully saturated rings. The van der Waals surface area contributed by atoms with Gasteiger partial charge in [-0.15, -0.1) is 24.0 Å². The summed E-state index contributed by atoms with van der Waals surface area (Å²) in [7, 11) is 1.70. The van der Waals surface area contributed by atoms with Crippen LogP contribution < -0.4 is 16.0 Å². The van der Waals surface area contributed by atoms with Gasteiger partial charge >= 0.3 is 6.09 Å². The van der Waals surface area contributed by atoms with E-state index in [1.807, 2.05) is 71.1 Å². The van der Waals surface area contributed by atoms with E-state index in [4.69, 9.17) is 4.74 Å². The van der Waals surface area contributed by atoms with Gasteiger partial charge in [-0.3, -0.25) is 4.99 Å². The molecule has 9 heteroatoms. The fourth-order valence-electron chi connectivity index (χ4n) is 2.53. The molecule has 0 aliphatic carbocycles. The summed E-state index contributed by atoms with van der Waals surface area (Å²) in [6.45, 7) is 10.3. The lowest BCUT2D eigenvalue weighted by Gasteiger charge is -2.29. The summed E-state index contributed by atoms with van der Waals surface area (Å²) in [4.78, 5) is 23.9. The minimum Gasteiger partial charge on any atom is -0.444 e. The third-order valence-corrected chi connectivity index (χ3v) is 3.90. The van der Waals surface area contributed by atoms with Crippen LogP contribution in [0.1, 0.15) is 40.4 Å². The standard InChI is InChI=1S/C21H32N6O2.HI/c1-20(2,3)29-19(28)27-21(4,5)14-25-18(22-6)24-13-17-23-12-16(26-17)15-10-8-7-9-11-15;/h7-12H,13-14H2,1-6H3,(H,23,26)(H,27,28)(H2,22,24,25);1H. The van der Waals surface area contributed by atoms with Crippen LogP contribution >= 0.6 is 24.0 Å². The maximum atomic E-state index is 12.0. The highest BCUT2D eigenvalue weighted by Crippen LogP contribution is 2.15.